The van der Waals surface area contributed by atoms with E-state index in [1.165, 1.54) is 0 Å². The molecular weight excluding hydrogens is 282 g/mol. The van der Waals surface area contributed by atoms with Crippen LogP contribution in [0.1, 0.15) is 5.56 Å². The summed E-state index contributed by atoms with van der Waals surface area (Å²) in [5.74, 6) is 0.714. The van der Waals surface area contributed by atoms with Crippen molar-refractivity contribution in [3.05, 3.63) is 60.2 Å². The second-order valence-corrected chi connectivity index (χ2v) is 4.97. The van der Waals surface area contributed by atoms with Crippen LogP contribution < -0.4 is 10.6 Å². The average Bonchev–Trinajstić information content (AvgIpc) is 3.03. The maximum Gasteiger partial charge on any atom is 0.216 e. The molecule has 0 amide bonds. The van der Waals surface area contributed by atoms with Crippen molar-refractivity contribution in [3.8, 4) is 0 Å². The van der Waals surface area contributed by atoms with Gasteiger partial charge < -0.3 is 15.4 Å². The fraction of sp³-hybridized carbons (Fsp3) is 0.125. The van der Waals surface area contributed by atoms with E-state index < -0.39 is 0 Å². The SMILES string of the molecule is S=C(Nc1ccccc1)Nc1ccc(C2=NCCO2)cc1. The molecule has 0 unspecified atom stereocenters. The number of nitrogens with zero attached hydrogens (tertiary/aromatic N) is 1. The molecule has 0 atom stereocenters. The van der Waals surface area contributed by atoms with Gasteiger partial charge in [0.15, 0.2) is 5.11 Å². The van der Waals surface area contributed by atoms with Gasteiger partial charge in [0.1, 0.15) is 6.61 Å². The van der Waals surface area contributed by atoms with E-state index in [9.17, 15) is 0 Å². The largest absolute Gasteiger partial charge is 0.476 e. The van der Waals surface area contributed by atoms with Gasteiger partial charge in [-0.1, -0.05) is 18.2 Å². The van der Waals surface area contributed by atoms with Crippen molar-refractivity contribution < 1.29 is 4.74 Å². The van der Waals surface area contributed by atoms with Crippen LogP contribution in [-0.4, -0.2) is 24.2 Å². The molecule has 0 fully saturated rings. The molecule has 0 bridgehead atoms. The zero-order valence-electron chi connectivity index (χ0n) is 11.4. The normalized spacial score (nSPS) is 13.2. The van der Waals surface area contributed by atoms with Gasteiger partial charge in [-0.2, -0.15) is 0 Å². The molecular formula is C16H15N3OS. The highest BCUT2D eigenvalue weighted by atomic mass is 32.1. The molecule has 2 aromatic rings. The minimum Gasteiger partial charge on any atom is -0.476 e. The molecule has 1 aliphatic rings. The van der Waals surface area contributed by atoms with Crippen molar-refractivity contribution in [2.45, 2.75) is 0 Å². The molecule has 3 rings (SSSR count). The van der Waals surface area contributed by atoms with Gasteiger partial charge >= 0.3 is 0 Å². The first-order valence-electron chi connectivity index (χ1n) is 6.72. The van der Waals surface area contributed by atoms with Gasteiger partial charge in [-0.05, 0) is 48.6 Å². The Morgan fingerprint density at radius 2 is 1.62 bits per heavy atom. The third-order valence-electron chi connectivity index (χ3n) is 3.01. The topological polar surface area (TPSA) is 45.7 Å². The van der Waals surface area contributed by atoms with E-state index in [0.717, 1.165) is 23.5 Å². The number of benzene rings is 2. The lowest BCUT2D eigenvalue weighted by atomic mass is 10.2. The summed E-state index contributed by atoms with van der Waals surface area (Å²) < 4.78 is 5.43. The number of rotatable bonds is 3. The maximum absolute atomic E-state index is 5.43. The molecule has 106 valence electrons. The van der Waals surface area contributed by atoms with E-state index in [2.05, 4.69) is 15.6 Å². The number of hydrogen-bond acceptors (Lipinski definition) is 3. The van der Waals surface area contributed by atoms with Gasteiger partial charge in [-0.3, -0.25) is 0 Å². The summed E-state index contributed by atoms with van der Waals surface area (Å²) in [6.07, 6.45) is 0. The number of ether oxygens (including phenoxy) is 1. The van der Waals surface area contributed by atoms with Gasteiger partial charge in [0.2, 0.25) is 5.90 Å². The summed E-state index contributed by atoms with van der Waals surface area (Å²) in [5, 5.41) is 6.84. The Kier molecular flexibility index (Phi) is 4.12. The minimum absolute atomic E-state index is 0.559. The monoisotopic (exact) mass is 297 g/mol. The molecule has 0 saturated carbocycles. The predicted octanol–water partition coefficient (Wildman–Crippen LogP) is 3.27. The summed E-state index contributed by atoms with van der Waals surface area (Å²) in [4.78, 5) is 4.29. The van der Waals surface area contributed by atoms with Crippen molar-refractivity contribution in [3.63, 3.8) is 0 Å². The second-order valence-electron chi connectivity index (χ2n) is 4.56. The quantitative estimate of drug-likeness (QED) is 0.854. The predicted molar refractivity (Wildman–Crippen MR) is 90.1 cm³/mol. The minimum atomic E-state index is 0.559. The second kappa shape index (κ2) is 6.37. The highest BCUT2D eigenvalue weighted by Crippen LogP contribution is 2.14. The van der Waals surface area contributed by atoms with Gasteiger partial charge in [0.25, 0.3) is 0 Å². The van der Waals surface area contributed by atoms with Gasteiger partial charge in [0.05, 0.1) is 6.54 Å². The molecule has 1 heterocycles. The van der Waals surface area contributed by atoms with Gasteiger partial charge in [0, 0.05) is 16.9 Å². The summed E-state index contributed by atoms with van der Waals surface area (Å²) in [6, 6.07) is 17.7. The molecule has 2 N–H and O–H groups in total. The molecule has 0 saturated heterocycles. The lowest BCUT2D eigenvalue weighted by Crippen LogP contribution is -2.19. The third-order valence-corrected chi connectivity index (χ3v) is 3.21. The van der Waals surface area contributed by atoms with Crippen LogP contribution in [-0.2, 0) is 4.74 Å². The molecule has 4 nitrogen and oxygen atoms in total. The van der Waals surface area contributed by atoms with E-state index in [0.29, 0.717) is 17.6 Å². The summed E-state index contributed by atoms with van der Waals surface area (Å²) in [6.45, 7) is 1.40. The Morgan fingerprint density at radius 3 is 2.24 bits per heavy atom. The number of nitrogens with one attached hydrogen (secondary N) is 2. The zero-order chi connectivity index (χ0) is 14.5. The Balaban J connectivity index is 1.61. The molecule has 21 heavy (non-hydrogen) atoms. The first kappa shape index (κ1) is 13.6. The van der Waals surface area contributed by atoms with Crippen LogP contribution in [0.15, 0.2) is 59.6 Å². The van der Waals surface area contributed by atoms with Gasteiger partial charge in [-0.15, -0.1) is 0 Å². The Hall–Kier alpha value is -2.40. The van der Waals surface area contributed by atoms with Crippen molar-refractivity contribution in [1.82, 2.24) is 0 Å². The van der Waals surface area contributed by atoms with Crippen molar-refractivity contribution >= 4 is 34.6 Å². The smallest absolute Gasteiger partial charge is 0.216 e. The number of aliphatic imine (C=N–C) groups is 1. The van der Waals surface area contributed by atoms with E-state index in [-0.39, 0.29) is 0 Å². The first-order chi connectivity index (χ1) is 10.3. The number of hydrogen-bond donors (Lipinski definition) is 2. The molecule has 5 heteroatoms. The van der Waals surface area contributed by atoms with Crippen molar-refractivity contribution in [2.75, 3.05) is 23.8 Å². The van der Waals surface area contributed by atoms with Crippen molar-refractivity contribution in [2.24, 2.45) is 4.99 Å². The van der Waals surface area contributed by atoms with Crippen LogP contribution in [0.3, 0.4) is 0 Å². The molecule has 2 aromatic carbocycles. The Morgan fingerprint density at radius 1 is 0.952 bits per heavy atom. The average molecular weight is 297 g/mol. The summed E-state index contributed by atoms with van der Waals surface area (Å²) in [7, 11) is 0. The number of thiocarbonyl (C=S) groups is 1. The molecule has 0 spiro atoms. The Labute approximate surface area is 128 Å². The third kappa shape index (κ3) is 3.58. The highest BCUT2D eigenvalue weighted by molar-refractivity contribution is 7.80. The van der Waals surface area contributed by atoms with E-state index in [4.69, 9.17) is 17.0 Å². The first-order valence-corrected chi connectivity index (χ1v) is 7.13. The molecule has 0 aliphatic carbocycles. The molecule has 1 aliphatic heterocycles. The van der Waals surface area contributed by atoms with E-state index >= 15 is 0 Å². The van der Waals surface area contributed by atoms with Gasteiger partial charge in [-0.25, -0.2) is 4.99 Å². The maximum atomic E-state index is 5.43. The fourth-order valence-electron chi connectivity index (χ4n) is 2.02. The lowest BCUT2D eigenvalue weighted by Gasteiger charge is -2.11. The number of anilines is 2. The number of para-hydroxylation sites is 1. The van der Waals surface area contributed by atoms with E-state index in [1.54, 1.807) is 0 Å². The van der Waals surface area contributed by atoms with Crippen LogP contribution in [0, 0.1) is 0 Å². The molecule has 0 radical (unpaired) electrons. The van der Waals surface area contributed by atoms with Crippen molar-refractivity contribution in [1.29, 1.82) is 0 Å². The van der Waals surface area contributed by atoms with E-state index in [1.807, 2.05) is 54.6 Å². The van der Waals surface area contributed by atoms with Crippen LogP contribution >= 0.6 is 12.2 Å². The van der Waals surface area contributed by atoms with Crippen LogP contribution in [0.2, 0.25) is 0 Å². The lowest BCUT2D eigenvalue weighted by molar-refractivity contribution is 0.348. The Bertz CT molecular complexity index is 653. The molecule has 0 aromatic heterocycles. The van der Waals surface area contributed by atoms with Crippen LogP contribution in [0.4, 0.5) is 11.4 Å². The summed E-state index contributed by atoms with van der Waals surface area (Å²) in [5.41, 5.74) is 2.87. The fourth-order valence-corrected chi connectivity index (χ4v) is 2.26. The van der Waals surface area contributed by atoms with Crippen LogP contribution in [0.5, 0.6) is 0 Å². The van der Waals surface area contributed by atoms with Crippen LogP contribution in [0.25, 0.3) is 0 Å². The standard InChI is InChI=1S/C16H15N3OS/c21-16(18-13-4-2-1-3-5-13)19-14-8-6-12(7-9-14)15-17-10-11-20-15/h1-9H,10-11H2,(H2,18,19,21). The highest BCUT2D eigenvalue weighted by Gasteiger charge is 2.09. The summed E-state index contributed by atoms with van der Waals surface area (Å²) >= 11 is 5.29. The zero-order valence-corrected chi connectivity index (χ0v) is 12.2.